The summed E-state index contributed by atoms with van der Waals surface area (Å²) in [6, 6.07) is 13.7. The maximum absolute atomic E-state index is 13.9. The summed E-state index contributed by atoms with van der Waals surface area (Å²) in [6.45, 7) is 3.76. The third kappa shape index (κ3) is 3.24. The molecule has 3 aliphatic rings. The third-order valence-corrected chi connectivity index (χ3v) is 6.63. The van der Waals surface area contributed by atoms with Crippen LogP contribution in [0.2, 0.25) is 0 Å². The maximum atomic E-state index is 13.9. The molecule has 2 N–H and O–H groups in total. The predicted octanol–water partition coefficient (Wildman–Crippen LogP) is 4.43. The number of anilines is 1. The van der Waals surface area contributed by atoms with Gasteiger partial charge in [0.2, 0.25) is 0 Å². The van der Waals surface area contributed by atoms with E-state index >= 15 is 0 Å². The van der Waals surface area contributed by atoms with Crippen molar-refractivity contribution in [2.75, 3.05) is 38.2 Å². The minimum atomic E-state index is -0.265. The van der Waals surface area contributed by atoms with Crippen LogP contribution in [0.1, 0.15) is 36.1 Å². The van der Waals surface area contributed by atoms with Crippen LogP contribution in [0.15, 0.2) is 42.5 Å². The van der Waals surface area contributed by atoms with Crippen LogP contribution < -0.4 is 10.1 Å². The van der Waals surface area contributed by atoms with Crippen LogP contribution in [0, 0.1) is 5.82 Å². The van der Waals surface area contributed by atoms with Crippen molar-refractivity contribution in [1.82, 2.24) is 9.88 Å². The largest absolute Gasteiger partial charge is 0.491 e. The number of benzene rings is 2. The fourth-order valence-electron chi connectivity index (χ4n) is 4.85. The summed E-state index contributed by atoms with van der Waals surface area (Å²) in [4.78, 5) is 6.03. The molecular formula is C24H26FN3O2. The number of morpholine rings is 1. The monoisotopic (exact) mass is 407 g/mol. The van der Waals surface area contributed by atoms with Crippen LogP contribution in [0.5, 0.6) is 5.75 Å². The standard InChI is InChI=1S/C24H26FN3O2/c25-16-6-7-17-23(12-16)30-14-22(28-8-10-29-11-9-28)24(17)27-20-3-1-2-19-18(20)13-21(26-19)15-4-5-15/h1-3,6-7,12-13,15,22,24,26-27H,4-5,8-11,14H2/t22?,24-/m0/s1. The van der Waals surface area contributed by atoms with Gasteiger partial charge in [0.05, 0.1) is 25.3 Å². The first kappa shape index (κ1) is 18.2. The lowest BCUT2D eigenvalue weighted by Crippen LogP contribution is -2.52. The molecule has 3 aromatic rings. The fraction of sp³-hybridized carbons (Fsp3) is 0.417. The van der Waals surface area contributed by atoms with Crippen molar-refractivity contribution in [2.45, 2.75) is 30.8 Å². The Labute approximate surface area is 175 Å². The summed E-state index contributed by atoms with van der Waals surface area (Å²) in [7, 11) is 0. The molecule has 156 valence electrons. The molecule has 30 heavy (non-hydrogen) atoms. The number of rotatable bonds is 4. The molecule has 0 radical (unpaired) electrons. The number of nitrogens with zero attached hydrogens (tertiary/aromatic N) is 1. The van der Waals surface area contributed by atoms with E-state index in [0.29, 0.717) is 18.3 Å². The van der Waals surface area contributed by atoms with Crippen LogP contribution >= 0.6 is 0 Å². The highest BCUT2D eigenvalue weighted by Crippen LogP contribution is 2.43. The van der Waals surface area contributed by atoms with Gasteiger partial charge >= 0.3 is 0 Å². The average Bonchev–Trinajstić information content (AvgIpc) is 3.53. The summed E-state index contributed by atoms with van der Waals surface area (Å²) in [6.07, 6.45) is 2.54. The second-order valence-electron chi connectivity index (χ2n) is 8.60. The van der Waals surface area contributed by atoms with E-state index in [0.717, 1.165) is 43.1 Å². The molecule has 0 spiro atoms. The molecule has 1 aromatic heterocycles. The van der Waals surface area contributed by atoms with Gasteiger partial charge in [0, 0.05) is 47.0 Å². The predicted molar refractivity (Wildman–Crippen MR) is 115 cm³/mol. The number of aromatic nitrogens is 1. The van der Waals surface area contributed by atoms with E-state index in [1.165, 1.54) is 36.1 Å². The van der Waals surface area contributed by atoms with Crippen molar-refractivity contribution in [2.24, 2.45) is 0 Å². The summed E-state index contributed by atoms with van der Waals surface area (Å²) in [5, 5.41) is 5.03. The zero-order valence-corrected chi connectivity index (χ0v) is 16.9. The van der Waals surface area contributed by atoms with Crippen LogP contribution in [0.4, 0.5) is 10.1 Å². The van der Waals surface area contributed by atoms with Crippen LogP contribution in [0.3, 0.4) is 0 Å². The Morgan fingerprint density at radius 1 is 1.07 bits per heavy atom. The first-order valence-corrected chi connectivity index (χ1v) is 10.9. The van der Waals surface area contributed by atoms with Crippen molar-refractivity contribution in [3.63, 3.8) is 0 Å². The number of nitrogens with one attached hydrogen (secondary N) is 2. The van der Waals surface area contributed by atoms with E-state index in [2.05, 4.69) is 39.5 Å². The molecule has 5 nitrogen and oxygen atoms in total. The number of aromatic amines is 1. The molecule has 6 heteroatoms. The van der Waals surface area contributed by atoms with E-state index in [-0.39, 0.29) is 17.9 Å². The topological polar surface area (TPSA) is 49.5 Å². The van der Waals surface area contributed by atoms with E-state index in [1.807, 2.05) is 6.07 Å². The molecule has 2 aromatic carbocycles. The molecular weight excluding hydrogens is 381 g/mol. The van der Waals surface area contributed by atoms with Crippen LogP contribution in [0.25, 0.3) is 10.9 Å². The molecule has 0 bridgehead atoms. The molecule has 1 unspecified atom stereocenters. The molecule has 3 heterocycles. The number of halogens is 1. The summed E-state index contributed by atoms with van der Waals surface area (Å²) in [5.74, 6) is 1.05. The van der Waals surface area contributed by atoms with E-state index in [1.54, 1.807) is 0 Å². The Hall–Kier alpha value is -2.57. The van der Waals surface area contributed by atoms with Gasteiger partial charge in [0.1, 0.15) is 18.2 Å². The first-order chi connectivity index (χ1) is 14.8. The second kappa shape index (κ2) is 7.29. The van der Waals surface area contributed by atoms with Crippen molar-refractivity contribution in [3.05, 3.63) is 59.5 Å². The number of hydrogen-bond donors (Lipinski definition) is 2. The van der Waals surface area contributed by atoms with E-state index < -0.39 is 0 Å². The van der Waals surface area contributed by atoms with Gasteiger partial charge in [-0.1, -0.05) is 12.1 Å². The number of fused-ring (bicyclic) bond motifs is 2. The molecule has 1 saturated carbocycles. The molecule has 6 rings (SSSR count). The van der Waals surface area contributed by atoms with Crippen LogP contribution in [-0.2, 0) is 4.74 Å². The van der Waals surface area contributed by atoms with Gasteiger partial charge in [-0.05, 0) is 43.0 Å². The summed E-state index contributed by atoms with van der Waals surface area (Å²) < 4.78 is 25.4. The van der Waals surface area contributed by atoms with Crippen LogP contribution in [-0.4, -0.2) is 48.8 Å². The lowest BCUT2D eigenvalue weighted by atomic mass is 9.94. The van der Waals surface area contributed by atoms with Crippen molar-refractivity contribution in [3.8, 4) is 5.75 Å². The highest BCUT2D eigenvalue weighted by Gasteiger charge is 2.36. The van der Waals surface area contributed by atoms with Gasteiger partial charge in [-0.15, -0.1) is 0 Å². The molecule has 2 fully saturated rings. The van der Waals surface area contributed by atoms with E-state index in [9.17, 15) is 4.39 Å². The Balaban J connectivity index is 1.39. The van der Waals surface area contributed by atoms with Gasteiger partial charge in [0.25, 0.3) is 0 Å². The van der Waals surface area contributed by atoms with Gasteiger partial charge in [-0.2, -0.15) is 0 Å². The Morgan fingerprint density at radius 3 is 2.77 bits per heavy atom. The summed E-state index contributed by atoms with van der Waals surface area (Å²) >= 11 is 0. The van der Waals surface area contributed by atoms with Crippen molar-refractivity contribution < 1.29 is 13.9 Å². The minimum absolute atomic E-state index is 0.0114. The Kier molecular flexibility index (Phi) is 4.43. The van der Waals surface area contributed by atoms with Gasteiger partial charge in [0.15, 0.2) is 0 Å². The third-order valence-electron chi connectivity index (χ3n) is 6.63. The van der Waals surface area contributed by atoms with Crippen molar-refractivity contribution in [1.29, 1.82) is 0 Å². The van der Waals surface area contributed by atoms with Crippen molar-refractivity contribution >= 4 is 16.6 Å². The first-order valence-electron chi connectivity index (χ1n) is 10.9. The molecule has 2 aliphatic heterocycles. The highest BCUT2D eigenvalue weighted by atomic mass is 19.1. The van der Waals surface area contributed by atoms with Gasteiger partial charge in [-0.3, -0.25) is 4.90 Å². The zero-order valence-electron chi connectivity index (χ0n) is 16.9. The fourth-order valence-corrected chi connectivity index (χ4v) is 4.85. The van der Waals surface area contributed by atoms with E-state index in [4.69, 9.17) is 9.47 Å². The smallest absolute Gasteiger partial charge is 0.127 e. The normalized spacial score (nSPS) is 24.4. The second-order valence-corrected chi connectivity index (χ2v) is 8.60. The molecule has 1 aliphatic carbocycles. The SMILES string of the molecule is Fc1ccc2c(c1)OCC(N1CCOCC1)[C@H]2Nc1cccc2[nH]c(C3CC3)cc12. The zero-order chi connectivity index (χ0) is 20.1. The number of ether oxygens (including phenoxy) is 2. The quantitative estimate of drug-likeness (QED) is 0.672. The lowest BCUT2D eigenvalue weighted by molar-refractivity contribution is -0.00344. The van der Waals surface area contributed by atoms with Gasteiger partial charge < -0.3 is 19.8 Å². The maximum Gasteiger partial charge on any atom is 0.127 e. The molecule has 2 atom stereocenters. The number of H-pyrrole nitrogens is 1. The highest BCUT2D eigenvalue weighted by molar-refractivity contribution is 5.93. The lowest BCUT2D eigenvalue weighted by Gasteiger charge is -2.42. The Bertz CT molecular complexity index is 1070. The number of hydrogen-bond acceptors (Lipinski definition) is 4. The molecule has 1 saturated heterocycles. The van der Waals surface area contributed by atoms with Gasteiger partial charge in [-0.25, -0.2) is 4.39 Å². The molecule has 0 amide bonds. The minimum Gasteiger partial charge on any atom is -0.491 e. The average molecular weight is 407 g/mol. The summed E-state index contributed by atoms with van der Waals surface area (Å²) in [5.41, 5.74) is 4.61. The Morgan fingerprint density at radius 2 is 1.93 bits per heavy atom.